The first-order valence-corrected chi connectivity index (χ1v) is 5.61. The Bertz CT molecular complexity index is 456. The Morgan fingerprint density at radius 1 is 1.65 bits per heavy atom. The lowest BCUT2D eigenvalue weighted by atomic mass is 10.2. The third-order valence-corrected chi connectivity index (χ3v) is 2.30. The summed E-state index contributed by atoms with van der Waals surface area (Å²) >= 11 is 4.59. The fourth-order valence-corrected chi connectivity index (χ4v) is 1.42. The van der Waals surface area contributed by atoms with Crippen LogP contribution in [-0.2, 0) is 9.53 Å². The maximum Gasteiger partial charge on any atom is 0.335 e. The lowest BCUT2D eigenvalue weighted by molar-refractivity contribution is -0.138. The van der Waals surface area contributed by atoms with Gasteiger partial charge in [-0.3, -0.25) is 9.78 Å². The van der Waals surface area contributed by atoms with Gasteiger partial charge in [0.2, 0.25) is 0 Å². The van der Waals surface area contributed by atoms with Crippen molar-refractivity contribution < 1.29 is 14.6 Å². The largest absolute Gasteiger partial charge is 0.479 e. The minimum Gasteiger partial charge on any atom is -0.479 e. The lowest BCUT2D eigenvalue weighted by Gasteiger charge is -1.83. The number of nitrogens with one attached hydrogen (secondary N) is 2. The van der Waals surface area contributed by atoms with Crippen LogP contribution in [0.4, 0.5) is 0 Å². The van der Waals surface area contributed by atoms with Crippen LogP contribution in [-0.4, -0.2) is 33.3 Å². The Morgan fingerprint density at radius 3 is 2.71 bits per heavy atom. The van der Waals surface area contributed by atoms with Gasteiger partial charge in [0.25, 0.3) is 5.56 Å². The Morgan fingerprint density at radius 2 is 2.35 bits per heavy atom. The standard InChI is InChI=1S/C6H10O3.C4H4N2OS/c1-2-3-4-5(9-4)6(7)8;7-3-1-2-5-4(8)6-3/h4-5H,2-3H2,1H3,(H,7,8);1-2H,(H2,5,6,7,8). The quantitative estimate of drug-likeness (QED) is 0.556. The van der Waals surface area contributed by atoms with E-state index in [9.17, 15) is 9.59 Å². The number of ether oxygens (including phenoxy) is 1. The van der Waals surface area contributed by atoms with Crippen LogP contribution in [0.2, 0.25) is 0 Å². The van der Waals surface area contributed by atoms with Gasteiger partial charge < -0.3 is 14.8 Å². The second kappa shape index (κ2) is 6.31. The van der Waals surface area contributed by atoms with Crippen molar-refractivity contribution in [3.05, 3.63) is 27.4 Å². The highest BCUT2D eigenvalue weighted by atomic mass is 32.1. The average molecular weight is 258 g/mol. The van der Waals surface area contributed by atoms with Crippen LogP contribution in [0.5, 0.6) is 0 Å². The van der Waals surface area contributed by atoms with E-state index < -0.39 is 12.1 Å². The van der Waals surface area contributed by atoms with Crippen molar-refractivity contribution in [2.45, 2.75) is 32.0 Å². The van der Waals surface area contributed by atoms with Crippen molar-refractivity contribution in [3.63, 3.8) is 0 Å². The normalized spacial score (nSPS) is 21.2. The van der Waals surface area contributed by atoms with E-state index in [-0.39, 0.29) is 11.7 Å². The summed E-state index contributed by atoms with van der Waals surface area (Å²) in [5.41, 5.74) is -0.172. The molecule has 0 bridgehead atoms. The van der Waals surface area contributed by atoms with Crippen molar-refractivity contribution >= 4 is 18.2 Å². The molecule has 0 spiro atoms. The van der Waals surface area contributed by atoms with E-state index >= 15 is 0 Å². The highest BCUT2D eigenvalue weighted by Crippen LogP contribution is 2.26. The van der Waals surface area contributed by atoms with Gasteiger partial charge in [-0.15, -0.1) is 0 Å². The lowest BCUT2D eigenvalue weighted by Crippen LogP contribution is -2.07. The molecule has 0 radical (unpaired) electrons. The summed E-state index contributed by atoms with van der Waals surface area (Å²) in [5, 5.41) is 8.33. The zero-order valence-electron chi connectivity index (χ0n) is 9.30. The van der Waals surface area contributed by atoms with Crippen molar-refractivity contribution in [2.24, 2.45) is 0 Å². The second-order valence-corrected chi connectivity index (χ2v) is 3.93. The van der Waals surface area contributed by atoms with Crippen LogP contribution in [0.25, 0.3) is 0 Å². The van der Waals surface area contributed by atoms with Gasteiger partial charge >= 0.3 is 5.97 Å². The number of epoxide rings is 1. The van der Waals surface area contributed by atoms with Crippen molar-refractivity contribution in [1.82, 2.24) is 9.97 Å². The van der Waals surface area contributed by atoms with Crippen LogP contribution in [0.1, 0.15) is 19.8 Å². The number of aliphatic carboxylic acids is 1. The molecule has 1 fully saturated rings. The average Bonchev–Trinajstić information content (AvgIpc) is 2.98. The van der Waals surface area contributed by atoms with Crippen molar-refractivity contribution in [2.75, 3.05) is 0 Å². The SMILES string of the molecule is CCCC1OC1C(=O)O.O=c1cc[nH]c(=S)[nH]1. The highest BCUT2D eigenvalue weighted by Gasteiger charge is 2.43. The maximum atomic E-state index is 10.3. The van der Waals surface area contributed by atoms with Gasteiger partial charge in [-0.25, -0.2) is 4.79 Å². The van der Waals surface area contributed by atoms with E-state index in [4.69, 9.17) is 9.84 Å². The van der Waals surface area contributed by atoms with Crippen LogP contribution >= 0.6 is 12.2 Å². The number of aromatic amines is 2. The summed E-state index contributed by atoms with van der Waals surface area (Å²) in [5.74, 6) is -0.826. The molecule has 1 aliphatic heterocycles. The molecule has 0 saturated carbocycles. The van der Waals surface area contributed by atoms with Crippen molar-refractivity contribution in [3.8, 4) is 0 Å². The zero-order chi connectivity index (χ0) is 12.8. The fraction of sp³-hybridized carbons (Fsp3) is 0.500. The third kappa shape index (κ3) is 4.92. The molecule has 2 unspecified atom stereocenters. The number of carbonyl (C=O) groups is 1. The van der Waals surface area contributed by atoms with E-state index in [0.29, 0.717) is 4.77 Å². The minimum atomic E-state index is -0.826. The van der Waals surface area contributed by atoms with Crippen molar-refractivity contribution in [1.29, 1.82) is 0 Å². The summed E-state index contributed by atoms with van der Waals surface area (Å²) in [4.78, 5) is 25.5. The topological polar surface area (TPSA) is 98.5 Å². The molecule has 17 heavy (non-hydrogen) atoms. The summed E-state index contributed by atoms with van der Waals surface area (Å²) in [6.45, 7) is 2.01. The van der Waals surface area contributed by atoms with Gasteiger partial charge in [-0.05, 0) is 18.6 Å². The molecule has 2 heterocycles. The molecule has 1 saturated heterocycles. The first kappa shape index (κ1) is 13.6. The summed E-state index contributed by atoms with van der Waals surface area (Å²) in [6, 6.07) is 1.37. The summed E-state index contributed by atoms with van der Waals surface area (Å²) in [6.07, 6.45) is 2.88. The Kier molecular flexibility index (Phi) is 5.05. The van der Waals surface area contributed by atoms with Crippen LogP contribution < -0.4 is 5.56 Å². The Balaban J connectivity index is 0.000000171. The van der Waals surface area contributed by atoms with E-state index in [1.165, 1.54) is 12.3 Å². The number of hydrogen-bond donors (Lipinski definition) is 3. The number of carboxylic acids is 1. The van der Waals surface area contributed by atoms with Crippen LogP contribution in [0.15, 0.2) is 17.1 Å². The molecule has 7 heteroatoms. The smallest absolute Gasteiger partial charge is 0.335 e. The predicted octanol–water partition coefficient (Wildman–Crippen LogP) is 1.07. The molecule has 6 nitrogen and oxygen atoms in total. The van der Waals surface area contributed by atoms with E-state index in [2.05, 4.69) is 22.2 Å². The first-order valence-electron chi connectivity index (χ1n) is 5.21. The monoisotopic (exact) mass is 258 g/mol. The highest BCUT2D eigenvalue weighted by molar-refractivity contribution is 7.71. The van der Waals surface area contributed by atoms with Gasteiger partial charge in [0.1, 0.15) is 0 Å². The fourth-order valence-electron chi connectivity index (χ4n) is 1.25. The van der Waals surface area contributed by atoms with Gasteiger partial charge in [-0.2, -0.15) is 0 Å². The summed E-state index contributed by atoms with van der Waals surface area (Å²) < 4.78 is 5.18. The molecule has 0 amide bonds. The summed E-state index contributed by atoms with van der Waals surface area (Å²) in [7, 11) is 0. The Labute approximate surface area is 103 Å². The Hall–Kier alpha value is -1.47. The number of hydrogen-bond acceptors (Lipinski definition) is 4. The van der Waals surface area contributed by atoms with E-state index in [1.807, 2.05) is 6.92 Å². The predicted molar refractivity (Wildman–Crippen MR) is 63.5 cm³/mol. The molecule has 0 aromatic carbocycles. The molecule has 1 aliphatic rings. The van der Waals surface area contributed by atoms with Gasteiger partial charge in [0.15, 0.2) is 10.9 Å². The maximum absolute atomic E-state index is 10.3. The molecule has 1 aromatic rings. The molecule has 3 N–H and O–H groups in total. The molecule has 2 rings (SSSR count). The number of rotatable bonds is 3. The van der Waals surface area contributed by atoms with Crippen LogP contribution in [0.3, 0.4) is 0 Å². The van der Waals surface area contributed by atoms with Gasteiger partial charge in [0, 0.05) is 12.3 Å². The third-order valence-electron chi connectivity index (χ3n) is 2.08. The molecule has 2 atom stereocenters. The minimum absolute atomic E-state index is 0.00694. The number of carboxylic acid groups (broad SMARTS) is 1. The second-order valence-electron chi connectivity index (χ2n) is 3.52. The first-order chi connectivity index (χ1) is 8.04. The van der Waals surface area contributed by atoms with E-state index in [1.54, 1.807) is 0 Å². The van der Waals surface area contributed by atoms with Gasteiger partial charge in [0.05, 0.1) is 6.10 Å². The molecular weight excluding hydrogens is 244 g/mol. The number of H-pyrrole nitrogens is 2. The molecule has 1 aromatic heterocycles. The molecule has 94 valence electrons. The molecule has 0 aliphatic carbocycles. The number of aromatic nitrogens is 2. The molecular formula is C10H14N2O4S. The van der Waals surface area contributed by atoms with E-state index in [0.717, 1.165) is 12.8 Å². The zero-order valence-corrected chi connectivity index (χ0v) is 10.1. The van der Waals surface area contributed by atoms with Crippen LogP contribution in [0, 0.1) is 4.77 Å². The van der Waals surface area contributed by atoms with Gasteiger partial charge in [-0.1, -0.05) is 13.3 Å².